The van der Waals surface area contributed by atoms with E-state index in [-0.39, 0.29) is 11.7 Å². The first kappa shape index (κ1) is 21.5. The van der Waals surface area contributed by atoms with Crippen molar-refractivity contribution < 1.29 is 13.6 Å². The van der Waals surface area contributed by atoms with Gasteiger partial charge in [0.25, 0.3) is 5.91 Å². The lowest BCUT2D eigenvalue weighted by atomic mass is 9.97. The van der Waals surface area contributed by atoms with E-state index in [1.807, 2.05) is 44.2 Å². The van der Waals surface area contributed by atoms with Crippen molar-refractivity contribution in [1.29, 1.82) is 0 Å². The van der Waals surface area contributed by atoms with Crippen LogP contribution >= 0.6 is 0 Å². The van der Waals surface area contributed by atoms with Gasteiger partial charge in [-0.2, -0.15) is 0 Å². The Morgan fingerprint density at radius 2 is 1.93 bits per heavy atom. The highest BCUT2D eigenvalue weighted by Gasteiger charge is 2.24. The number of hydrogen-bond acceptors (Lipinski definition) is 4. The molecule has 1 atom stereocenters. The van der Waals surface area contributed by atoms with Crippen molar-refractivity contribution >= 4 is 5.91 Å². The van der Waals surface area contributed by atoms with Crippen molar-refractivity contribution in [2.45, 2.75) is 25.8 Å². The van der Waals surface area contributed by atoms with Gasteiger partial charge in [0, 0.05) is 26.7 Å². The molecular formula is C23H32FN3O2. The highest BCUT2D eigenvalue weighted by atomic mass is 19.1. The second-order valence-electron chi connectivity index (χ2n) is 8.37. The maximum atomic E-state index is 13.0. The van der Waals surface area contributed by atoms with Crippen LogP contribution in [0, 0.1) is 11.7 Å². The van der Waals surface area contributed by atoms with E-state index in [4.69, 9.17) is 4.42 Å². The average Bonchev–Trinajstić information content (AvgIpc) is 3.15. The summed E-state index contributed by atoms with van der Waals surface area (Å²) in [5, 5.41) is 0. The molecule has 0 saturated carbocycles. The highest BCUT2D eigenvalue weighted by molar-refractivity contribution is 5.91. The fourth-order valence-electron chi connectivity index (χ4n) is 3.99. The van der Waals surface area contributed by atoms with Crippen LogP contribution in [0.3, 0.4) is 0 Å². The number of piperidine rings is 1. The molecule has 2 aromatic rings. The molecule has 1 aromatic carbocycles. The number of benzene rings is 1. The van der Waals surface area contributed by atoms with E-state index in [0.717, 1.165) is 56.8 Å². The number of hydrogen-bond donors (Lipinski definition) is 0. The first-order chi connectivity index (χ1) is 13.9. The normalized spacial score (nSPS) is 17.6. The molecule has 0 spiro atoms. The molecule has 158 valence electrons. The first-order valence-electron chi connectivity index (χ1n) is 10.4. The molecular weight excluding hydrogens is 369 g/mol. The Balaban J connectivity index is 1.48. The van der Waals surface area contributed by atoms with Crippen LogP contribution in [0.15, 0.2) is 40.8 Å². The minimum absolute atomic E-state index is 0.0570. The number of carbonyl (C=O) groups is 1. The maximum Gasteiger partial charge on any atom is 0.289 e. The third-order valence-electron chi connectivity index (χ3n) is 5.46. The molecule has 0 bridgehead atoms. The predicted molar refractivity (Wildman–Crippen MR) is 112 cm³/mol. The van der Waals surface area contributed by atoms with Crippen LogP contribution in [-0.2, 0) is 13.0 Å². The van der Waals surface area contributed by atoms with Crippen LogP contribution in [-0.4, -0.2) is 67.9 Å². The van der Waals surface area contributed by atoms with E-state index >= 15 is 0 Å². The van der Waals surface area contributed by atoms with Gasteiger partial charge >= 0.3 is 0 Å². The van der Waals surface area contributed by atoms with Crippen LogP contribution in [0.4, 0.5) is 4.39 Å². The van der Waals surface area contributed by atoms with Crippen LogP contribution < -0.4 is 0 Å². The van der Waals surface area contributed by atoms with E-state index in [0.29, 0.717) is 18.2 Å². The van der Waals surface area contributed by atoms with Gasteiger partial charge in [-0.25, -0.2) is 4.39 Å². The van der Waals surface area contributed by atoms with Crippen molar-refractivity contribution in [1.82, 2.24) is 14.7 Å². The molecule has 1 fully saturated rings. The Bertz CT molecular complexity index is 788. The van der Waals surface area contributed by atoms with Crippen molar-refractivity contribution in [3.63, 3.8) is 0 Å². The minimum Gasteiger partial charge on any atom is -0.455 e. The van der Waals surface area contributed by atoms with E-state index in [1.165, 1.54) is 12.1 Å². The Hall–Kier alpha value is -2.18. The molecule has 1 unspecified atom stereocenters. The van der Waals surface area contributed by atoms with Gasteiger partial charge in [-0.3, -0.25) is 4.79 Å². The number of amides is 1. The molecule has 1 aromatic heterocycles. The molecule has 6 heteroatoms. The fourth-order valence-corrected chi connectivity index (χ4v) is 3.99. The molecule has 2 heterocycles. The lowest BCUT2D eigenvalue weighted by Gasteiger charge is -2.34. The molecule has 0 N–H and O–H groups in total. The molecule has 1 aliphatic rings. The van der Waals surface area contributed by atoms with Gasteiger partial charge in [0.05, 0.1) is 6.54 Å². The lowest BCUT2D eigenvalue weighted by Crippen LogP contribution is -2.42. The van der Waals surface area contributed by atoms with Crippen LogP contribution in [0.25, 0.3) is 0 Å². The van der Waals surface area contributed by atoms with Crippen LogP contribution in [0.5, 0.6) is 0 Å². The van der Waals surface area contributed by atoms with E-state index in [9.17, 15) is 9.18 Å². The third-order valence-corrected chi connectivity index (χ3v) is 5.46. The molecule has 0 radical (unpaired) electrons. The summed E-state index contributed by atoms with van der Waals surface area (Å²) in [4.78, 5) is 19.0. The van der Waals surface area contributed by atoms with Gasteiger partial charge in [0.15, 0.2) is 5.76 Å². The molecule has 0 aliphatic carbocycles. The zero-order valence-corrected chi connectivity index (χ0v) is 17.7. The van der Waals surface area contributed by atoms with Crippen LogP contribution in [0.2, 0.25) is 0 Å². The van der Waals surface area contributed by atoms with E-state index in [2.05, 4.69) is 4.90 Å². The van der Waals surface area contributed by atoms with E-state index < -0.39 is 0 Å². The topological polar surface area (TPSA) is 39.9 Å². The highest BCUT2D eigenvalue weighted by Crippen LogP contribution is 2.19. The number of rotatable bonds is 8. The molecule has 1 amide bonds. The molecule has 5 nitrogen and oxygen atoms in total. The Morgan fingerprint density at radius 1 is 1.17 bits per heavy atom. The zero-order valence-electron chi connectivity index (χ0n) is 17.7. The molecule has 3 rings (SSSR count). The monoisotopic (exact) mass is 401 g/mol. The summed E-state index contributed by atoms with van der Waals surface area (Å²) in [7, 11) is 5.80. The summed E-state index contributed by atoms with van der Waals surface area (Å²) in [6.45, 7) is 4.45. The summed E-state index contributed by atoms with van der Waals surface area (Å²) < 4.78 is 18.8. The van der Waals surface area contributed by atoms with Crippen LogP contribution in [0.1, 0.15) is 34.7 Å². The number of carbonyl (C=O) groups excluding carboxylic acids is 1. The van der Waals surface area contributed by atoms with Gasteiger partial charge in [0.1, 0.15) is 11.6 Å². The second-order valence-corrected chi connectivity index (χ2v) is 8.37. The average molecular weight is 402 g/mol. The lowest BCUT2D eigenvalue weighted by molar-refractivity contribution is 0.0697. The summed E-state index contributed by atoms with van der Waals surface area (Å²) >= 11 is 0. The predicted octanol–water partition coefficient (Wildman–Crippen LogP) is 3.51. The fraction of sp³-hybridized carbons (Fsp3) is 0.522. The van der Waals surface area contributed by atoms with Crippen molar-refractivity contribution in [3.05, 3.63) is 59.3 Å². The maximum absolute atomic E-state index is 13.0. The smallest absolute Gasteiger partial charge is 0.289 e. The van der Waals surface area contributed by atoms with Crippen molar-refractivity contribution in [2.24, 2.45) is 5.92 Å². The SMILES string of the molecule is CN(C)Cc1ccc(C(=O)N(C)CC2CCCN(CCc3ccc(F)cc3)C2)o1. The number of furan rings is 1. The number of halogens is 1. The Kier molecular flexibility index (Phi) is 7.45. The minimum atomic E-state index is -0.190. The van der Waals surface area contributed by atoms with Gasteiger partial charge < -0.3 is 19.1 Å². The van der Waals surface area contributed by atoms with E-state index in [1.54, 1.807) is 11.0 Å². The summed E-state index contributed by atoms with van der Waals surface area (Å²) in [6.07, 6.45) is 3.20. The standard InChI is InChI=1S/C23H32FN3O2/c1-25(2)17-21-10-11-22(29-21)23(28)26(3)15-19-5-4-13-27(16-19)14-12-18-6-8-20(24)9-7-18/h6-11,19H,4-5,12-17H2,1-3H3. The quantitative estimate of drug-likeness (QED) is 0.679. The van der Waals surface area contributed by atoms with Gasteiger partial charge in [0.2, 0.25) is 0 Å². The first-order valence-corrected chi connectivity index (χ1v) is 10.4. The Labute approximate surface area is 173 Å². The number of nitrogens with zero attached hydrogens (tertiary/aromatic N) is 3. The van der Waals surface area contributed by atoms with Crippen molar-refractivity contribution in [2.75, 3.05) is 47.3 Å². The van der Waals surface area contributed by atoms with Gasteiger partial charge in [-0.15, -0.1) is 0 Å². The summed E-state index contributed by atoms with van der Waals surface area (Å²) in [5.74, 6) is 1.43. The second kappa shape index (κ2) is 10.0. The van der Waals surface area contributed by atoms with Crippen molar-refractivity contribution in [3.8, 4) is 0 Å². The number of likely N-dealkylation sites (tertiary alicyclic amines) is 1. The summed E-state index contributed by atoms with van der Waals surface area (Å²) in [5.41, 5.74) is 1.16. The summed E-state index contributed by atoms with van der Waals surface area (Å²) in [6, 6.07) is 10.4. The third kappa shape index (κ3) is 6.41. The molecule has 1 saturated heterocycles. The zero-order chi connectivity index (χ0) is 20.8. The Morgan fingerprint density at radius 3 is 2.66 bits per heavy atom. The molecule has 1 aliphatic heterocycles. The largest absolute Gasteiger partial charge is 0.455 e. The van der Waals surface area contributed by atoms with Gasteiger partial charge in [-0.1, -0.05) is 12.1 Å². The van der Waals surface area contributed by atoms with Gasteiger partial charge in [-0.05, 0) is 75.6 Å². The molecule has 29 heavy (non-hydrogen) atoms.